The number of carbonyl (C=O) groups is 1. The summed E-state index contributed by atoms with van der Waals surface area (Å²) in [6.07, 6.45) is 1.01. The Morgan fingerprint density at radius 3 is 2.82 bits per heavy atom. The normalized spacial score (nSPS) is 11.1. The van der Waals surface area contributed by atoms with Crippen molar-refractivity contribution in [1.29, 1.82) is 0 Å². The van der Waals surface area contributed by atoms with Crippen LogP contribution in [0, 0.1) is 0 Å². The first-order valence-electron chi connectivity index (χ1n) is 4.85. The van der Waals surface area contributed by atoms with E-state index in [2.05, 4.69) is 0 Å². The standard InChI is InChI=1S/C12H6O4S/c13-9-7(12(14)15)5-16-10-6-3-1-2-4-8(6)17-11(9)10/h1-5H,(H,14,15). The predicted octanol–water partition coefficient (Wildman–Crippen LogP) is 2.71. The highest BCUT2D eigenvalue weighted by Crippen LogP contribution is 2.31. The van der Waals surface area contributed by atoms with Crippen molar-refractivity contribution in [2.45, 2.75) is 0 Å². The average molecular weight is 246 g/mol. The largest absolute Gasteiger partial charge is 0.477 e. The van der Waals surface area contributed by atoms with Gasteiger partial charge in [-0.05, 0) is 12.1 Å². The maximum atomic E-state index is 11.9. The topological polar surface area (TPSA) is 67.5 Å². The van der Waals surface area contributed by atoms with E-state index in [0.29, 0.717) is 10.3 Å². The second-order valence-corrected chi connectivity index (χ2v) is 4.59. The highest BCUT2D eigenvalue weighted by Gasteiger charge is 2.16. The van der Waals surface area contributed by atoms with Gasteiger partial charge in [0.05, 0.1) is 0 Å². The summed E-state index contributed by atoms with van der Waals surface area (Å²) >= 11 is 1.25. The second kappa shape index (κ2) is 3.43. The van der Waals surface area contributed by atoms with Crippen LogP contribution >= 0.6 is 11.3 Å². The lowest BCUT2D eigenvalue weighted by Gasteiger charge is -1.93. The number of hydrogen-bond acceptors (Lipinski definition) is 4. The van der Waals surface area contributed by atoms with Crippen LogP contribution in [0.25, 0.3) is 20.4 Å². The highest BCUT2D eigenvalue weighted by atomic mass is 32.1. The van der Waals surface area contributed by atoms with Gasteiger partial charge in [0.25, 0.3) is 0 Å². The van der Waals surface area contributed by atoms with Crippen LogP contribution in [0.15, 0.2) is 39.7 Å². The molecule has 0 aliphatic heterocycles. The molecule has 0 saturated carbocycles. The van der Waals surface area contributed by atoms with Crippen LogP contribution < -0.4 is 5.43 Å². The van der Waals surface area contributed by atoms with Crippen LogP contribution in [0.4, 0.5) is 0 Å². The lowest BCUT2D eigenvalue weighted by Crippen LogP contribution is -2.12. The predicted molar refractivity (Wildman–Crippen MR) is 64.8 cm³/mol. The first-order valence-corrected chi connectivity index (χ1v) is 5.66. The van der Waals surface area contributed by atoms with Gasteiger partial charge in [0, 0.05) is 10.1 Å². The van der Waals surface area contributed by atoms with Crippen molar-refractivity contribution in [2.75, 3.05) is 0 Å². The summed E-state index contributed by atoms with van der Waals surface area (Å²) in [6, 6.07) is 7.42. The number of carboxylic acid groups (broad SMARTS) is 1. The van der Waals surface area contributed by atoms with Gasteiger partial charge < -0.3 is 9.52 Å². The molecule has 2 heterocycles. The third kappa shape index (κ3) is 1.36. The summed E-state index contributed by atoms with van der Waals surface area (Å²) in [6.45, 7) is 0. The minimum atomic E-state index is -1.27. The van der Waals surface area contributed by atoms with Gasteiger partial charge >= 0.3 is 5.97 Å². The van der Waals surface area contributed by atoms with E-state index >= 15 is 0 Å². The molecule has 0 saturated heterocycles. The molecular formula is C12H6O4S. The Hall–Kier alpha value is -2.14. The molecule has 5 heteroatoms. The lowest BCUT2D eigenvalue weighted by molar-refractivity contribution is 0.0693. The van der Waals surface area contributed by atoms with E-state index in [-0.39, 0.29) is 5.56 Å². The summed E-state index contributed by atoms with van der Waals surface area (Å²) in [5.74, 6) is -1.27. The Balaban J connectivity index is 2.53. The van der Waals surface area contributed by atoms with Gasteiger partial charge in [-0.25, -0.2) is 4.79 Å². The van der Waals surface area contributed by atoms with Gasteiger partial charge in [0.2, 0.25) is 5.43 Å². The van der Waals surface area contributed by atoms with E-state index in [1.54, 1.807) is 0 Å². The molecular weight excluding hydrogens is 240 g/mol. The zero-order valence-corrected chi connectivity index (χ0v) is 9.28. The minimum Gasteiger partial charge on any atom is -0.477 e. The molecule has 3 rings (SSSR count). The molecule has 84 valence electrons. The summed E-state index contributed by atoms with van der Waals surface area (Å²) < 4.78 is 6.53. The van der Waals surface area contributed by atoms with Crippen LogP contribution in [-0.2, 0) is 0 Å². The molecule has 0 radical (unpaired) electrons. The highest BCUT2D eigenvalue weighted by molar-refractivity contribution is 7.25. The van der Waals surface area contributed by atoms with E-state index < -0.39 is 11.4 Å². The monoisotopic (exact) mass is 246 g/mol. The molecule has 17 heavy (non-hydrogen) atoms. The Labute approximate surface area is 98.7 Å². The van der Waals surface area contributed by atoms with Gasteiger partial charge in [0.15, 0.2) is 5.58 Å². The first-order chi connectivity index (χ1) is 8.18. The van der Waals surface area contributed by atoms with E-state index in [1.807, 2.05) is 24.3 Å². The molecule has 0 unspecified atom stereocenters. The van der Waals surface area contributed by atoms with Gasteiger partial charge in [0.1, 0.15) is 16.5 Å². The lowest BCUT2D eigenvalue weighted by atomic mass is 10.2. The Bertz CT molecular complexity index is 797. The zero-order valence-electron chi connectivity index (χ0n) is 8.47. The minimum absolute atomic E-state index is 0.330. The molecule has 1 aromatic carbocycles. The molecule has 0 aliphatic carbocycles. The number of carboxylic acids is 1. The van der Waals surface area contributed by atoms with Crippen LogP contribution in [0.1, 0.15) is 10.4 Å². The maximum absolute atomic E-state index is 11.9. The van der Waals surface area contributed by atoms with E-state index in [0.717, 1.165) is 16.3 Å². The number of thiophene rings is 1. The smallest absolute Gasteiger partial charge is 0.342 e. The fourth-order valence-corrected chi connectivity index (χ4v) is 2.82. The summed E-state index contributed by atoms with van der Waals surface area (Å²) in [5, 5.41) is 9.68. The van der Waals surface area contributed by atoms with Crippen molar-refractivity contribution in [2.24, 2.45) is 0 Å². The summed E-state index contributed by atoms with van der Waals surface area (Å²) in [5.41, 5.74) is -0.357. The van der Waals surface area contributed by atoms with Crippen LogP contribution in [0.5, 0.6) is 0 Å². The Kier molecular flexibility index (Phi) is 2.02. The van der Waals surface area contributed by atoms with Gasteiger partial charge in [-0.1, -0.05) is 12.1 Å². The molecule has 2 aromatic heterocycles. The van der Waals surface area contributed by atoms with Crippen molar-refractivity contribution in [3.8, 4) is 0 Å². The van der Waals surface area contributed by atoms with Crippen LogP contribution in [-0.4, -0.2) is 11.1 Å². The molecule has 0 atom stereocenters. The van der Waals surface area contributed by atoms with Gasteiger partial charge in [-0.2, -0.15) is 0 Å². The summed E-state index contributed by atoms with van der Waals surface area (Å²) in [7, 11) is 0. The third-order valence-electron chi connectivity index (χ3n) is 2.53. The number of hydrogen-bond donors (Lipinski definition) is 1. The van der Waals surface area contributed by atoms with E-state index in [4.69, 9.17) is 9.52 Å². The van der Waals surface area contributed by atoms with Crippen molar-refractivity contribution in [3.63, 3.8) is 0 Å². The Morgan fingerprint density at radius 2 is 2.06 bits per heavy atom. The number of fused-ring (bicyclic) bond motifs is 3. The molecule has 3 aromatic rings. The van der Waals surface area contributed by atoms with Crippen LogP contribution in [0.2, 0.25) is 0 Å². The zero-order chi connectivity index (χ0) is 12.0. The number of rotatable bonds is 1. The van der Waals surface area contributed by atoms with E-state index in [1.165, 1.54) is 11.3 Å². The van der Waals surface area contributed by atoms with Crippen molar-refractivity contribution < 1.29 is 14.3 Å². The molecule has 0 aliphatic rings. The SMILES string of the molecule is O=C(O)c1coc2c(sc3ccccc32)c1=O. The number of aromatic carboxylic acids is 1. The van der Waals surface area contributed by atoms with Crippen LogP contribution in [0.3, 0.4) is 0 Å². The molecule has 0 fully saturated rings. The molecule has 1 N–H and O–H groups in total. The molecule has 0 spiro atoms. The maximum Gasteiger partial charge on any atom is 0.342 e. The third-order valence-corrected chi connectivity index (χ3v) is 3.68. The molecule has 0 amide bonds. The average Bonchev–Trinajstić information content (AvgIpc) is 2.69. The first kappa shape index (κ1) is 10.0. The molecule has 0 bridgehead atoms. The van der Waals surface area contributed by atoms with E-state index in [9.17, 15) is 9.59 Å². The van der Waals surface area contributed by atoms with Gasteiger partial charge in [-0.3, -0.25) is 4.79 Å². The Morgan fingerprint density at radius 1 is 1.29 bits per heavy atom. The van der Waals surface area contributed by atoms with Crippen molar-refractivity contribution in [1.82, 2.24) is 0 Å². The van der Waals surface area contributed by atoms with Crippen molar-refractivity contribution >= 4 is 37.7 Å². The van der Waals surface area contributed by atoms with Gasteiger partial charge in [-0.15, -0.1) is 11.3 Å². The second-order valence-electron chi connectivity index (χ2n) is 3.54. The fourth-order valence-electron chi connectivity index (χ4n) is 1.73. The molecule has 4 nitrogen and oxygen atoms in total. The number of benzene rings is 1. The summed E-state index contributed by atoms with van der Waals surface area (Å²) in [4.78, 5) is 22.7. The fraction of sp³-hybridized carbons (Fsp3) is 0. The van der Waals surface area contributed by atoms with Crippen molar-refractivity contribution in [3.05, 3.63) is 46.3 Å². The quantitative estimate of drug-likeness (QED) is 0.716.